The lowest BCUT2D eigenvalue weighted by Crippen LogP contribution is -2.20. The van der Waals surface area contributed by atoms with Gasteiger partial charge < -0.3 is 5.32 Å². The highest BCUT2D eigenvalue weighted by atomic mass is 32.2. The number of anilines is 1. The Morgan fingerprint density at radius 2 is 1.60 bits per heavy atom. The van der Waals surface area contributed by atoms with Crippen LogP contribution in [0.15, 0.2) is 81.7 Å². The van der Waals surface area contributed by atoms with Crippen LogP contribution in [0.4, 0.5) is 5.69 Å². The summed E-state index contributed by atoms with van der Waals surface area (Å²) in [5, 5.41) is 7.85. The smallest absolute Gasteiger partial charge is 0.270 e. The maximum Gasteiger partial charge on any atom is 0.270 e. The maximum atomic E-state index is 13.7. The molecule has 0 unspecified atom stereocenters. The number of imidazole rings is 1. The summed E-state index contributed by atoms with van der Waals surface area (Å²) >= 11 is 0.923. The van der Waals surface area contributed by atoms with E-state index in [4.69, 9.17) is 5.14 Å². The fraction of sp³-hybridized carbons (Fsp3) is 0.130. The molecule has 3 aromatic carbocycles. The summed E-state index contributed by atoms with van der Waals surface area (Å²) in [4.78, 5) is 17.0. The number of fused-ring (bicyclic) bond motifs is 1. The largest absolute Gasteiger partial charge is 0.324 e. The van der Waals surface area contributed by atoms with Crippen molar-refractivity contribution in [1.29, 1.82) is 0 Å². The Hall–Kier alpha value is -3.19. The molecule has 182 valence electrons. The third kappa shape index (κ3) is 5.25. The Morgan fingerprint density at radius 1 is 0.971 bits per heavy atom. The van der Waals surface area contributed by atoms with Gasteiger partial charge in [0.05, 0.1) is 27.4 Å². The summed E-state index contributed by atoms with van der Waals surface area (Å²) < 4.78 is 52.0. The minimum atomic E-state index is -4.04. The summed E-state index contributed by atoms with van der Waals surface area (Å²) in [6, 6.07) is 17.6. The minimum Gasteiger partial charge on any atom is -0.324 e. The Kier molecular flexibility index (Phi) is 6.73. The molecule has 1 heterocycles. The zero-order chi connectivity index (χ0) is 25.4. The normalized spacial score (nSPS) is 12.1. The third-order valence-corrected chi connectivity index (χ3v) is 8.73. The van der Waals surface area contributed by atoms with Crippen LogP contribution in [0.25, 0.3) is 11.0 Å². The predicted octanol–water partition coefficient (Wildman–Crippen LogP) is 3.27. The summed E-state index contributed by atoms with van der Waals surface area (Å²) in [7, 11) is -8.07. The first-order valence-corrected chi connectivity index (χ1v) is 14.3. The van der Waals surface area contributed by atoms with Crippen LogP contribution >= 0.6 is 11.8 Å². The molecule has 0 aliphatic heterocycles. The maximum absolute atomic E-state index is 13.7. The number of sulfonamides is 1. The number of hydrogen-bond donors (Lipinski definition) is 2. The van der Waals surface area contributed by atoms with Gasteiger partial charge in [0.2, 0.25) is 15.9 Å². The van der Waals surface area contributed by atoms with Gasteiger partial charge in [0.25, 0.3) is 10.0 Å². The van der Waals surface area contributed by atoms with Crippen molar-refractivity contribution in [3.05, 3.63) is 77.9 Å². The van der Waals surface area contributed by atoms with Gasteiger partial charge in [0, 0.05) is 0 Å². The monoisotopic (exact) mass is 530 g/mol. The zero-order valence-electron chi connectivity index (χ0n) is 18.8. The van der Waals surface area contributed by atoms with Crippen LogP contribution in [0.2, 0.25) is 0 Å². The molecule has 3 N–H and O–H groups in total. The summed E-state index contributed by atoms with van der Waals surface area (Å²) in [5.41, 5.74) is 2.49. The topological polar surface area (TPSA) is 141 Å². The number of aromatic nitrogens is 2. The van der Waals surface area contributed by atoms with Crippen LogP contribution in [0.5, 0.6) is 0 Å². The Morgan fingerprint density at radius 3 is 2.29 bits per heavy atom. The number of carbonyl (C=O) groups is 1. The number of amides is 1. The first kappa shape index (κ1) is 24.9. The van der Waals surface area contributed by atoms with Crippen molar-refractivity contribution in [3.8, 4) is 0 Å². The van der Waals surface area contributed by atoms with Crippen molar-refractivity contribution in [2.24, 2.45) is 5.14 Å². The first-order chi connectivity index (χ1) is 16.5. The number of para-hydroxylation sites is 3. The summed E-state index contributed by atoms with van der Waals surface area (Å²) in [6.45, 7) is 3.63. The quantitative estimate of drug-likeness (QED) is 0.349. The van der Waals surface area contributed by atoms with Crippen LogP contribution in [-0.4, -0.2) is 37.5 Å². The van der Waals surface area contributed by atoms with E-state index in [1.165, 1.54) is 18.2 Å². The highest BCUT2D eigenvalue weighted by Gasteiger charge is 2.26. The summed E-state index contributed by atoms with van der Waals surface area (Å²) in [5.74, 6) is -0.765. The van der Waals surface area contributed by atoms with Crippen molar-refractivity contribution in [2.45, 2.75) is 28.8 Å². The molecule has 1 amide bonds. The highest BCUT2D eigenvalue weighted by Crippen LogP contribution is 2.30. The number of rotatable bonds is 7. The van der Waals surface area contributed by atoms with Gasteiger partial charge in [-0.15, -0.1) is 0 Å². The SMILES string of the molecule is Cc1cc(C)cc(S(=O)(=O)n2c(SCC(=O)Nc3ccccc3S(N)(=O)=O)nc3ccccc32)c1. The van der Waals surface area contributed by atoms with Gasteiger partial charge >= 0.3 is 0 Å². The molecular weight excluding hydrogens is 508 g/mol. The van der Waals surface area contributed by atoms with Crippen LogP contribution in [0.1, 0.15) is 11.1 Å². The molecule has 4 aromatic rings. The van der Waals surface area contributed by atoms with Crippen molar-refractivity contribution >= 4 is 54.4 Å². The van der Waals surface area contributed by atoms with Gasteiger partial charge in [-0.3, -0.25) is 4.79 Å². The fourth-order valence-corrected chi connectivity index (χ4v) is 7.02. The molecule has 0 saturated carbocycles. The standard InChI is InChI=1S/C23H22N4O5S3/c1-15-11-16(2)13-17(12-15)35(31,32)27-20-9-5-3-7-18(20)26-23(27)33-14-22(28)25-19-8-4-6-10-21(19)34(24,29)30/h3-13H,14H2,1-2H3,(H,25,28)(H2,24,29,30). The Balaban J connectivity index is 1.68. The van der Waals surface area contributed by atoms with Gasteiger partial charge in [0.15, 0.2) is 5.16 Å². The molecular formula is C23H22N4O5S3. The second-order valence-corrected chi connectivity index (χ2v) is 12.1. The fourth-order valence-electron chi connectivity index (χ4n) is 3.63. The average molecular weight is 531 g/mol. The molecule has 4 rings (SSSR count). The van der Waals surface area contributed by atoms with Crippen LogP contribution in [-0.2, 0) is 24.8 Å². The molecule has 0 fully saturated rings. The number of carbonyl (C=O) groups excluding carboxylic acids is 1. The number of nitrogens with two attached hydrogens (primary N) is 1. The van der Waals surface area contributed by atoms with E-state index in [1.807, 2.05) is 19.9 Å². The molecule has 1 aromatic heterocycles. The van der Waals surface area contributed by atoms with Gasteiger partial charge in [-0.05, 0) is 61.4 Å². The van der Waals surface area contributed by atoms with E-state index in [0.29, 0.717) is 11.0 Å². The van der Waals surface area contributed by atoms with Crippen LogP contribution in [0.3, 0.4) is 0 Å². The number of primary sulfonamides is 1. The van der Waals surface area contributed by atoms with Crippen molar-refractivity contribution in [2.75, 3.05) is 11.1 Å². The predicted molar refractivity (Wildman–Crippen MR) is 135 cm³/mol. The Labute approximate surface area is 207 Å². The lowest BCUT2D eigenvalue weighted by molar-refractivity contribution is -0.113. The molecule has 0 saturated heterocycles. The van der Waals surface area contributed by atoms with Gasteiger partial charge in [-0.1, -0.05) is 42.1 Å². The van der Waals surface area contributed by atoms with E-state index in [9.17, 15) is 21.6 Å². The minimum absolute atomic E-state index is 0.0389. The molecule has 35 heavy (non-hydrogen) atoms. The van der Waals surface area contributed by atoms with Crippen LogP contribution in [0, 0.1) is 13.8 Å². The molecule has 0 aliphatic carbocycles. The molecule has 0 aliphatic rings. The second-order valence-electron chi connectivity index (χ2n) is 7.85. The first-order valence-electron chi connectivity index (χ1n) is 10.3. The van der Waals surface area contributed by atoms with Gasteiger partial charge in [0.1, 0.15) is 4.90 Å². The van der Waals surface area contributed by atoms with Crippen LogP contribution < -0.4 is 10.5 Å². The van der Waals surface area contributed by atoms with Gasteiger partial charge in [-0.2, -0.15) is 0 Å². The van der Waals surface area contributed by atoms with E-state index in [0.717, 1.165) is 26.9 Å². The van der Waals surface area contributed by atoms with Crippen molar-refractivity contribution in [3.63, 3.8) is 0 Å². The number of benzene rings is 3. The van der Waals surface area contributed by atoms with E-state index in [1.54, 1.807) is 42.5 Å². The summed E-state index contributed by atoms with van der Waals surface area (Å²) in [6.07, 6.45) is 0. The van der Waals surface area contributed by atoms with E-state index in [-0.39, 0.29) is 26.4 Å². The zero-order valence-corrected chi connectivity index (χ0v) is 21.2. The molecule has 0 bridgehead atoms. The number of thioether (sulfide) groups is 1. The lowest BCUT2D eigenvalue weighted by atomic mass is 10.2. The van der Waals surface area contributed by atoms with E-state index < -0.39 is 26.0 Å². The number of aryl methyl sites for hydroxylation is 2. The van der Waals surface area contributed by atoms with Gasteiger partial charge in [-0.25, -0.2) is 30.9 Å². The number of nitrogens with one attached hydrogen (secondary N) is 1. The third-order valence-electron chi connectivity index (χ3n) is 5.02. The molecule has 9 nitrogen and oxygen atoms in total. The van der Waals surface area contributed by atoms with E-state index in [2.05, 4.69) is 10.3 Å². The molecule has 0 spiro atoms. The number of hydrogen-bond acceptors (Lipinski definition) is 7. The molecule has 0 atom stereocenters. The van der Waals surface area contributed by atoms with Crippen molar-refractivity contribution < 1.29 is 21.6 Å². The number of nitrogens with zero attached hydrogens (tertiary/aromatic N) is 2. The second kappa shape index (κ2) is 9.46. The molecule has 12 heteroatoms. The Bertz CT molecular complexity index is 1640. The van der Waals surface area contributed by atoms with E-state index >= 15 is 0 Å². The molecule has 0 radical (unpaired) electrons. The highest BCUT2D eigenvalue weighted by molar-refractivity contribution is 8.00. The average Bonchev–Trinajstić information content (AvgIpc) is 3.16. The van der Waals surface area contributed by atoms with Crippen molar-refractivity contribution in [1.82, 2.24) is 8.96 Å². The lowest BCUT2D eigenvalue weighted by Gasteiger charge is -2.12.